The molecule has 14 heteroatoms. The van der Waals surface area contributed by atoms with Crippen LogP contribution in [-0.4, -0.2) is 12.5 Å². The second kappa shape index (κ2) is 9.73. The third kappa shape index (κ3) is 6.04. The van der Waals surface area contributed by atoms with Crippen LogP contribution in [0.1, 0.15) is 35.1 Å². The summed E-state index contributed by atoms with van der Waals surface area (Å²) in [5.74, 6) is -0.433. The fraction of sp³-hybridized carbons (Fsp3) is 0.269. The van der Waals surface area contributed by atoms with E-state index in [1.807, 2.05) is 0 Å². The number of amides is 1. The van der Waals surface area contributed by atoms with Gasteiger partial charge in [-0.25, -0.2) is 0 Å². The van der Waals surface area contributed by atoms with E-state index in [-0.39, 0.29) is 30.8 Å². The number of nitrogens with zero attached hydrogens (tertiary/aromatic N) is 1. The number of anilines is 1. The summed E-state index contributed by atoms with van der Waals surface area (Å²) in [6.07, 6.45) is -20.6. The summed E-state index contributed by atoms with van der Waals surface area (Å²) in [6.45, 7) is 0.135. The highest BCUT2D eigenvalue weighted by Crippen LogP contribution is 2.45. The fourth-order valence-electron chi connectivity index (χ4n) is 4.33. The quantitative estimate of drug-likeness (QED) is 0.281. The molecule has 3 aromatic carbocycles. The van der Waals surface area contributed by atoms with Crippen LogP contribution in [0.2, 0.25) is 0 Å². The molecule has 0 spiro atoms. The van der Waals surface area contributed by atoms with E-state index < -0.39 is 75.1 Å². The first-order valence-corrected chi connectivity index (χ1v) is 11.3. The average molecular weight is 585 g/mol. The van der Waals surface area contributed by atoms with E-state index in [0.717, 1.165) is 18.2 Å². The Morgan fingerprint density at radius 3 is 1.27 bits per heavy atom. The summed E-state index contributed by atoms with van der Waals surface area (Å²) < 4.78 is 162. The van der Waals surface area contributed by atoms with Crippen molar-refractivity contribution in [1.82, 2.24) is 0 Å². The van der Waals surface area contributed by atoms with Crippen molar-refractivity contribution >= 4 is 11.6 Å². The van der Waals surface area contributed by atoms with Crippen molar-refractivity contribution in [3.05, 3.63) is 76.9 Å². The second-order valence-electron chi connectivity index (χ2n) is 8.97. The first-order valence-electron chi connectivity index (χ1n) is 11.3. The Hall–Kier alpha value is -3.71. The van der Waals surface area contributed by atoms with Crippen molar-refractivity contribution in [1.29, 1.82) is 0 Å². The fourth-order valence-corrected chi connectivity index (χ4v) is 4.33. The van der Waals surface area contributed by atoms with Crippen molar-refractivity contribution in [3.8, 4) is 22.3 Å². The van der Waals surface area contributed by atoms with E-state index in [2.05, 4.69) is 0 Å². The Kier molecular flexibility index (Phi) is 7.12. The maximum Gasteiger partial charge on any atom is 0.416 e. The van der Waals surface area contributed by atoms with Crippen molar-refractivity contribution < 1.29 is 57.5 Å². The maximum atomic E-state index is 13.5. The minimum atomic E-state index is -5.28. The zero-order valence-electron chi connectivity index (χ0n) is 19.7. The van der Waals surface area contributed by atoms with Gasteiger partial charge in [-0.15, -0.1) is 0 Å². The molecule has 0 aliphatic carbocycles. The largest absolute Gasteiger partial charge is 0.416 e. The van der Waals surface area contributed by atoms with Crippen LogP contribution >= 0.6 is 0 Å². The van der Waals surface area contributed by atoms with Gasteiger partial charge in [-0.05, 0) is 77.2 Å². The van der Waals surface area contributed by atoms with Gasteiger partial charge >= 0.3 is 24.7 Å². The summed E-state index contributed by atoms with van der Waals surface area (Å²) in [7, 11) is 0. The van der Waals surface area contributed by atoms with Crippen LogP contribution in [0.15, 0.2) is 54.6 Å². The smallest absolute Gasteiger partial charge is 0.312 e. The topological polar surface area (TPSA) is 20.3 Å². The molecule has 214 valence electrons. The van der Waals surface area contributed by atoms with Crippen molar-refractivity contribution in [2.45, 2.75) is 37.5 Å². The third-order valence-electron chi connectivity index (χ3n) is 6.19. The van der Waals surface area contributed by atoms with Gasteiger partial charge < -0.3 is 4.90 Å². The lowest BCUT2D eigenvalue weighted by atomic mass is 9.90. The molecule has 0 atom stereocenters. The number of hydrogen-bond donors (Lipinski definition) is 0. The van der Waals surface area contributed by atoms with Crippen LogP contribution in [0, 0.1) is 0 Å². The molecule has 1 aliphatic heterocycles. The molecule has 1 heterocycles. The summed E-state index contributed by atoms with van der Waals surface area (Å²) in [5.41, 5.74) is -9.56. The maximum absolute atomic E-state index is 13.5. The van der Waals surface area contributed by atoms with Crippen molar-refractivity contribution in [2.24, 2.45) is 0 Å². The highest BCUT2D eigenvalue weighted by Gasteiger charge is 2.39. The van der Waals surface area contributed by atoms with E-state index in [0.29, 0.717) is 30.7 Å². The molecule has 0 N–H and O–H groups in total. The number of hydrogen-bond acceptors (Lipinski definition) is 1. The molecule has 40 heavy (non-hydrogen) atoms. The molecule has 0 radical (unpaired) electrons. The SMILES string of the molecule is O=C1CCCN1c1ccc(-c2cc(C(F)(F)F)cc(C(F)(F)F)c2)c(-c2cc(C(F)(F)F)cc(C(F)(F)F)c2)c1. The molecule has 4 rings (SSSR count). The lowest BCUT2D eigenvalue weighted by Crippen LogP contribution is -2.23. The summed E-state index contributed by atoms with van der Waals surface area (Å²) in [6, 6.07) is 3.99. The minimum Gasteiger partial charge on any atom is -0.312 e. The van der Waals surface area contributed by atoms with Gasteiger partial charge in [-0.1, -0.05) is 6.07 Å². The summed E-state index contributed by atoms with van der Waals surface area (Å²) >= 11 is 0. The first kappa shape index (κ1) is 29.3. The Morgan fingerprint density at radius 1 is 0.525 bits per heavy atom. The third-order valence-corrected chi connectivity index (χ3v) is 6.19. The zero-order chi connectivity index (χ0) is 29.8. The molecule has 0 unspecified atom stereocenters. The molecule has 1 saturated heterocycles. The Morgan fingerprint density at radius 2 is 0.925 bits per heavy atom. The van der Waals surface area contributed by atoms with Crippen LogP contribution in [0.25, 0.3) is 22.3 Å². The van der Waals surface area contributed by atoms with Crippen LogP contribution in [0.4, 0.5) is 58.4 Å². The number of benzene rings is 3. The van der Waals surface area contributed by atoms with Crippen LogP contribution in [0.5, 0.6) is 0 Å². The summed E-state index contributed by atoms with van der Waals surface area (Å²) in [4.78, 5) is 13.4. The Bertz CT molecular complexity index is 1380. The predicted octanol–water partition coefficient (Wildman–Crippen LogP) is 9.22. The molecular weight excluding hydrogens is 570 g/mol. The normalized spacial score (nSPS) is 15.2. The van der Waals surface area contributed by atoms with Gasteiger partial charge in [-0.3, -0.25) is 4.79 Å². The molecule has 1 aliphatic rings. The van der Waals surface area contributed by atoms with E-state index in [9.17, 15) is 57.5 Å². The second-order valence-corrected chi connectivity index (χ2v) is 8.97. The molecule has 1 amide bonds. The van der Waals surface area contributed by atoms with Gasteiger partial charge in [-0.2, -0.15) is 52.7 Å². The standard InChI is InChI=1S/C26H15F12NO/c27-23(28,29)15-6-13(7-16(10-15)24(30,31)32)20-4-3-19(39-5-1-2-22(39)40)12-21(20)14-8-17(25(33,34)35)11-18(9-14)26(36,37)38/h3-4,6-12H,1-2,5H2. The van der Waals surface area contributed by atoms with Crippen LogP contribution < -0.4 is 4.90 Å². The molecular formula is C26H15F12NO. The van der Waals surface area contributed by atoms with Gasteiger partial charge in [0.2, 0.25) is 5.91 Å². The molecule has 0 aromatic heterocycles. The Labute approximate surface area is 217 Å². The van der Waals surface area contributed by atoms with Crippen LogP contribution in [0.3, 0.4) is 0 Å². The molecule has 0 saturated carbocycles. The monoisotopic (exact) mass is 585 g/mol. The number of alkyl halides is 12. The highest BCUT2D eigenvalue weighted by molar-refractivity contribution is 5.97. The number of halogens is 12. The van der Waals surface area contributed by atoms with Gasteiger partial charge in [0.25, 0.3) is 0 Å². The van der Waals surface area contributed by atoms with E-state index in [4.69, 9.17) is 0 Å². The number of carbonyl (C=O) groups excluding carboxylic acids is 1. The zero-order valence-corrected chi connectivity index (χ0v) is 19.7. The van der Waals surface area contributed by atoms with Crippen molar-refractivity contribution in [3.63, 3.8) is 0 Å². The van der Waals surface area contributed by atoms with Gasteiger partial charge in [0.1, 0.15) is 0 Å². The lowest BCUT2D eigenvalue weighted by molar-refractivity contribution is -0.144. The van der Waals surface area contributed by atoms with Gasteiger partial charge in [0.15, 0.2) is 0 Å². The Balaban J connectivity index is 2.07. The summed E-state index contributed by atoms with van der Waals surface area (Å²) in [5, 5.41) is 0. The molecule has 1 fully saturated rings. The first-order chi connectivity index (χ1) is 18.2. The van der Waals surface area contributed by atoms with E-state index in [1.54, 1.807) is 0 Å². The molecule has 0 bridgehead atoms. The average Bonchev–Trinajstić information content (AvgIpc) is 3.26. The predicted molar refractivity (Wildman–Crippen MR) is 119 cm³/mol. The van der Waals surface area contributed by atoms with Gasteiger partial charge in [0, 0.05) is 18.7 Å². The lowest BCUT2D eigenvalue weighted by Gasteiger charge is -2.21. The van der Waals surface area contributed by atoms with E-state index >= 15 is 0 Å². The van der Waals surface area contributed by atoms with Crippen molar-refractivity contribution in [2.75, 3.05) is 11.4 Å². The van der Waals surface area contributed by atoms with Gasteiger partial charge in [0.05, 0.1) is 22.3 Å². The van der Waals surface area contributed by atoms with Crippen LogP contribution in [-0.2, 0) is 29.5 Å². The number of rotatable bonds is 3. The molecule has 3 aromatic rings. The number of carbonyl (C=O) groups is 1. The highest BCUT2D eigenvalue weighted by atomic mass is 19.4. The van der Waals surface area contributed by atoms with E-state index in [1.165, 1.54) is 4.90 Å². The minimum absolute atomic E-state index is 0.00441. The molecule has 2 nitrogen and oxygen atoms in total.